The highest BCUT2D eigenvalue weighted by molar-refractivity contribution is 8.15. The van der Waals surface area contributed by atoms with Crippen LogP contribution < -0.4 is 10.1 Å². The Bertz CT molecular complexity index is 1390. The Labute approximate surface area is 220 Å². The largest absolute Gasteiger partial charge is 0.497 e. The zero-order chi connectivity index (χ0) is 25.9. The maximum atomic E-state index is 12.8. The lowest BCUT2D eigenvalue weighted by molar-refractivity contribution is -0.121. The minimum Gasteiger partial charge on any atom is -0.497 e. The maximum Gasteiger partial charge on any atom is 0.262 e. The fraction of sp³-hybridized carbons (Fsp3) is 0.241. The molecule has 0 unspecified atom stereocenters. The minimum absolute atomic E-state index is 0.0444. The predicted molar refractivity (Wildman–Crippen MR) is 148 cm³/mol. The molecular formula is C29H28N4O3S. The summed E-state index contributed by atoms with van der Waals surface area (Å²) in [5, 5.41) is 9.61. The molecule has 0 spiro atoms. The van der Waals surface area contributed by atoms with Crippen LogP contribution in [0.4, 0.5) is 5.69 Å². The SMILES string of the molecule is COc1ccc(C2=NN(C3=NC(=O)[C@@H](CC(=O)Nc4cccc(C)c4C)S3)[C@@H](c3ccccc3)C2)cc1. The molecule has 2 amide bonds. The van der Waals surface area contributed by atoms with Crippen molar-refractivity contribution in [1.29, 1.82) is 0 Å². The van der Waals surface area contributed by atoms with E-state index in [1.165, 1.54) is 11.8 Å². The van der Waals surface area contributed by atoms with Crippen LogP contribution in [0.3, 0.4) is 0 Å². The maximum absolute atomic E-state index is 12.8. The number of carbonyl (C=O) groups is 2. The Kier molecular flexibility index (Phi) is 7.10. The molecule has 2 heterocycles. The van der Waals surface area contributed by atoms with Gasteiger partial charge in [0.25, 0.3) is 5.91 Å². The number of aliphatic imine (C=N–C) groups is 1. The Morgan fingerprint density at radius 1 is 1.05 bits per heavy atom. The third kappa shape index (κ3) is 5.29. The number of thioether (sulfide) groups is 1. The molecule has 2 atom stereocenters. The molecule has 7 nitrogen and oxygen atoms in total. The number of amidine groups is 1. The summed E-state index contributed by atoms with van der Waals surface area (Å²) in [6, 6.07) is 23.6. The Hall–Kier alpha value is -3.91. The molecule has 3 aromatic rings. The van der Waals surface area contributed by atoms with Crippen LogP contribution in [0.25, 0.3) is 0 Å². The minimum atomic E-state index is -0.586. The van der Waals surface area contributed by atoms with E-state index in [-0.39, 0.29) is 24.3 Å². The predicted octanol–water partition coefficient (Wildman–Crippen LogP) is 5.49. The molecule has 1 N–H and O–H groups in total. The highest BCUT2D eigenvalue weighted by Gasteiger charge is 2.39. The fourth-order valence-corrected chi connectivity index (χ4v) is 5.50. The van der Waals surface area contributed by atoms with Crippen molar-refractivity contribution >= 4 is 40.1 Å². The van der Waals surface area contributed by atoms with Gasteiger partial charge in [0.2, 0.25) is 5.91 Å². The van der Waals surface area contributed by atoms with Crippen LogP contribution in [0.1, 0.15) is 41.1 Å². The summed E-state index contributed by atoms with van der Waals surface area (Å²) in [5.74, 6) is 0.262. The third-order valence-corrected chi connectivity index (χ3v) is 7.83. The first kappa shape index (κ1) is 24.8. The first-order valence-corrected chi connectivity index (χ1v) is 13.0. The quantitative estimate of drug-likeness (QED) is 0.472. The molecule has 0 fully saturated rings. The number of nitrogens with zero attached hydrogens (tertiary/aromatic N) is 3. The molecule has 0 aromatic heterocycles. The number of anilines is 1. The smallest absolute Gasteiger partial charge is 0.262 e. The zero-order valence-corrected chi connectivity index (χ0v) is 21.8. The van der Waals surface area contributed by atoms with E-state index in [2.05, 4.69) is 22.4 Å². The monoisotopic (exact) mass is 512 g/mol. The van der Waals surface area contributed by atoms with E-state index < -0.39 is 5.25 Å². The van der Waals surface area contributed by atoms with Gasteiger partial charge in [-0.05, 0) is 66.4 Å². The second-order valence-corrected chi connectivity index (χ2v) is 10.3. The van der Waals surface area contributed by atoms with Gasteiger partial charge >= 0.3 is 0 Å². The molecule has 0 saturated heterocycles. The average Bonchev–Trinajstić information content (AvgIpc) is 3.51. The normalized spacial score (nSPS) is 19.0. The zero-order valence-electron chi connectivity index (χ0n) is 21.0. The molecule has 2 aliphatic heterocycles. The number of ether oxygens (including phenoxy) is 1. The van der Waals surface area contributed by atoms with Crippen molar-refractivity contribution in [3.05, 3.63) is 95.1 Å². The molecule has 0 bridgehead atoms. The number of hydrogen-bond donors (Lipinski definition) is 1. The van der Waals surface area contributed by atoms with Crippen LogP contribution in [0, 0.1) is 13.8 Å². The van der Waals surface area contributed by atoms with E-state index in [1.807, 2.05) is 79.5 Å². The van der Waals surface area contributed by atoms with Gasteiger partial charge in [0.05, 0.1) is 18.9 Å². The van der Waals surface area contributed by atoms with E-state index in [9.17, 15) is 9.59 Å². The molecule has 188 valence electrons. The molecule has 0 aliphatic carbocycles. The summed E-state index contributed by atoms with van der Waals surface area (Å²) >= 11 is 1.30. The summed E-state index contributed by atoms with van der Waals surface area (Å²) < 4.78 is 5.29. The van der Waals surface area contributed by atoms with E-state index >= 15 is 0 Å². The van der Waals surface area contributed by atoms with Crippen molar-refractivity contribution in [3.63, 3.8) is 0 Å². The van der Waals surface area contributed by atoms with Crippen LogP contribution in [0.15, 0.2) is 82.9 Å². The van der Waals surface area contributed by atoms with Crippen molar-refractivity contribution in [2.24, 2.45) is 10.1 Å². The number of amides is 2. The topological polar surface area (TPSA) is 83.4 Å². The van der Waals surface area contributed by atoms with Crippen molar-refractivity contribution in [3.8, 4) is 5.75 Å². The molecule has 3 aromatic carbocycles. The number of hydrazone groups is 1. The highest BCUT2D eigenvalue weighted by atomic mass is 32.2. The molecule has 37 heavy (non-hydrogen) atoms. The van der Waals surface area contributed by atoms with Gasteiger partial charge in [0.15, 0.2) is 5.17 Å². The number of rotatable bonds is 6. The molecule has 2 aliphatic rings. The first-order valence-electron chi connectivity index (χ1n) is 12.1. The van der Waals surface area contributed by atoms with Crippen molar-refractivity contribution in [2.45, 2.75) is 38.0 Å². The van der Waals surface area contributed by atoms with Gasteiger partial charge < -0.3 is 10.1 Å². The van der Waals surface area contributed by atoms with Gasteiger partial charge in [0.1, 0.15) is 11.0 Å². The lowest BCUT2D eigenvalue weighted by Crippen LogP contribution is -2.25. The number of methoxy groups -OCH3 is 1. The summed E-state index contributed by atoms with van der Waals surface area (Å²) in [5.41, 5.74) is 5.86. The van der Waals surface area contributed by atoms with Crippen molar-refractivity contribution < 1.29 is 14.3 Å². The van der Waals surface area contributed by atoms with Gasteiger partial charge in [-0.3, -0.25) is 9.59 Å². The van der Waals surface area contributed by atoms with Crippen molar-refractivity contribution in [2.75, 3.05) is 12.4 Å². The van der Waals surface area contributed by atoms with E-state index in [4.69, 9.17) is 9.84 Å². The van der Waals surface area contributed by atoms with Crippen LogP contribution >= 0.6 is 11.8 Å². The van der Waals surface area contributed by atoms with E-state index in [0.717, 1.165) is 39.4 Å². The molecule has 0 radical (unpaired) electrons. The first-order chi connectivity index (χ1) is 17.9. The molecular weight excluding hydrogens is 484 g/mol. The van der Waals surface area contributed by atoms with Gasteiger partial charge in [-0.2, -0.15) is 10.1 Å². The number of nitrogens with one attached hydrogen (secondary N) is 1. The second-order valence-electron chi connectivity index (χ2n) is 9.09. The van der Waals surface area contributed by atoms with Gasteiger partial charge in [0, 0.05) is 18.5 Å². The van der Waals surface area contributed by atoms with Crippen LogP contribution in [-0.4, -0.2) is 40.1 Å². The Balaban J connectivity index is 1.34. The van der Waals surface area contributed by atoms with Crippen LogP contribution in [0.5, 0.6) is 5.75 Å². The van der Waals surface area contributed by atoms with Gasteiger partial charge in [-0.1, -0.05) is 54.2 Å². The third-order valence-electron chi connectivity index (χ3n) is 6.69. The summed E-state index contributed by atoms with van der Waals surface area (Å²) in [7, 11) is 1.64. The molecule has 0 saturated carbocycles. The van der Waals surface area contributed by atoms with Crippen LogP contribution in [-0.2, 0) is 9.59 Å². The molecule has 5 rings (SSSR count). The van der Waals surface area contributed by atoms with Gasteiger partial charge in [-0.25, -0.2) is 5.01 Å². The number of aryl methyl sites for hydroxylation is 1. The van der Waals surface area contributed by atoms with E-state index in [0.29, 0.717) is 11.6 Å². The lowest BCUT2D eigenvalue weighted by Gasteiger charge is -2.23. The van der Waals surface area contributed by atoms with Gasteiger partial charge in [-0.15, -0.1) is 0 Å². The number of carbonyl (C=O) groups excluding carboxylic acids is 2. The number of benzene rings is 3. The average molecular weight is 513 g/mol. The summed E-state index contributed by atoms with van der Waals surface area (Å²) in [6.45, 7) is 3.97. The number of hydrogen-bond acceptors (Lipinski definition) is 6. The molecule has 8 heteroatoms. The summed E-state index contributed by atoms with van der Waals surface area (Å²) in [6.07, 6.45) is 0.713. The lowest BCUT2D eigenvalue weighted by atomic mass is 9.98. The standard InChI is InChI=1S/C29H28N4O3S/c1-18-8-7-11-23(19(18)2)30-27(34)17-26-28(35)31-29(37-26)33-25(21-9-5-4-6-10-21)16-24(32-33)20-12-14-22(36-3)15-13-20/h4-15,25-26H,16-17H2,1-3H3,(H,30,34)/t25-,26-/m1/s1. The summed E-state index contributed by atoms with van der Waals surface area (Å²) in [4.78, 5) is 30.0. The second kappa shape index (κ2) is 10.6. The van der Waals surface area contributed by atoms with Crippen molar-refractivity contribution in [1.82, 2.24) is 5.01 Å². The fourth-order valence-electron chi connectivity index (χ4n) is 4.44. The van der Waals surface area contributed by atoms with E-state index in [1.54, 1.807) is 7.11 Å². The highest BCUT2D eigenvalue weighted by Crippen LogP contribution is 2.38. The Morgan fingerprint density at radius 2 is 1.81 bits per heavy atom. The Morgan fingerprint density at radius 3 is 2.54 bits per heavy atom. The van der Waals surface area contributed by atoms with Crippen LogP contribution in [0.2, 0.25) is 0 Å².